The van der Waals surface area contributed by atoms with Gasteiger partial charge in [0.05, 0.1) is 5.69 Å². The van der Waals surface area contributed by atoms with Gasteiger partial charge in [-0.15, -0.1) is 0 Å². The van der Waals surface area contributed by atoms with Gasteiger partial charge in [0.25, 0.3) is 0 Å². The van der Waals surface area contributed by atoms with Gasteiger partial charge in [0.15, 0.2) is 5.82 Å². The van der Waals surface area contributed by atoms with Crippen LogP contribution >= 0.6 is 11.0 Å². The molecule has 0 radical (unpaired) electrons. The number of fused-ring (bicyclic) bond motifs is 1. The second kappa shape index (κ2) is 6.75. The lowest BCUT2D eigenvalue weighted by Crippen LogP contribution is -2.33. The Hall–Kier alpha value is -1.94. The van der Waals surface area contributed by atoms with Crippen LogP contribution in [0.25, 0.3) is 0 Å². The van der Waals surface area contributed by atoms with E-state index in [9.17, 15) is 22.3 Å². The first-order chi connectivity index (χ1) is 11.9. The summed E-state index contributed by atoms with van der Waals surface area (Å²) in [4.78, 5) is 0. The van der Waals surface area contributed by atoms with Gasteiger partial charge in [-0.3, -0.25) is 9.11 Å². The summed E-state index contributed by atoms with van der Waals surface area (Å²) in [6, 6.07) is 6.82. The molecule has 2 aromatic rings. The van der Waals surface area contributed by atoms with E-state index in [4.69, 9.17) is 0 Å². The Morgan fingerprint density at radius 3 is 2.48 bits per heavy atom. The van der Waals surface area contributed by atoms with Crippen LogP contribution in [0.3, 0.4) is 0 Å². The summed E-state index contributed by atoms with van der Waals surface area (Å²) in [5, 5.41) is 2.93. The molecule has 0 saturated heterocycles. The van der Waals surface area contributed by atoms with Crippen LogP contribution < -0.4 is 13.9 Å². The molecule has 3 N–H and O–H groups in total. The highest BCUT2D eigenvalue weighted by molar-refractivity contribution is 8.27. The number of rotatable bonds is 5. The van der Waals surface area contributed by atoms with Gasteiger partial charge < -0.3 is 5.32 Å². The number of hydrogen-bond donors (Lipinski definition) is 3. The van der Waals surface area contributed by atoms with Crippen molar-refractivity contribution >= 4 is 28.0 Å². The van der Waals surface area contributed by atoms with Crippen molar-refractivity contribution in [2.45, 2.75) is 6.42 Å². The summed E-state index contributed by atoms with van der Waals surface area (Å²) in [5.74, 6) is -2.40. The van der Waals surface area contributed by atoms with Gasteiger partial charge >= 0.3 is 0 Å². The zero-order chi connectivity index (χ0) is 18.2. The fourth-order valence-electron chi connectivity index (χ4n) is 2.81. The molecule has 2 aromatic carbocycles. The van der Waals surface area contributed by atoms with E-state index >= 15 is 0 Å². The van der Waals surface area contributed by atoms with Crippen molar-refractivity contribution in [1.82, 2.24) is 5.32 Å². The number of hydrogen-bond acceptors (Lipinski definition) is 5. The van der Waals surface area contributed by atoms with Gasteiger partial charge in [-0.05, 0) is 55.2 Å². The third-order valence-corrected chi connectivity index (χ3v) is 5.73. The fraction of sp³-hybridized carbons (Fsp3) is 0.250. The highest BCUT2D eigenvalue weighted by atomic mass is 32.3. The van der Waals surface area contributed by atoms with Crippen LogP contribution in [0.5, 0.6) is 0 Å². The number of benzene rings is 2. The zero-order valence-electron chi connectivity index (χ0n) is 13.4. The van der Waals surface area contributed by atoms with Crippen LogP contribution in [-0.4, -0.2) is 29.2 Å². The van der Waals surface area contributed by atoms with E-state index in [1.807, 2.05) is 0 Å². The molecular formula is C16H18F3N3O2S. The van der Waals surface area contributed by atoms with Gasteiger partial charge in [0, 0.05) is 12.6 Å². The molecule has 25 heavy (non-hydrogen) atoms. The largest absolute Gasteiger partial charge is 0.320 e. The number of nitrogens with one attached hydrogen (secondary N) is 1. The molecule has 0 unspecified atom stereocenters. The summed E-state index contributed by atoms with van der Waals surface area (Å²) < 4.78 is 65.4. The second-order valence-corrected chi connectivity index (χ2v) is 7.33. The molecule has 0 saturated carbocycles. The highest BCUT2D eigenvalue weighted by Crippen LogP contribution is 2.64. The summed E-state index contributed by atoms with van der Waals surface area (Å²) >= 11 is 0. The molecule has 1 aliphatic rings. The third kappa shape index (κ3) is 3.04. The maximum atomic E-state index is 14.4. The summed E-state index contributed by atoms with van der Waals surface area (Å²) in [6.07, 6.45) is 0.514. The van der Waals surface area contributed by atoms with E-state index in [0.29, 0.717) is 19.0 Å². The normalized spacial score (nSPS) is 16.9. The molecule has 0 aromatic heterocycles. The Kier molecular flexibility index (Phi) is 4.83. The van der Waals surface area contributed by atoms with E-state index < -0.39 is 28.4 Å². The molecule has 1 heterocycles. The Bertz CT molecular complexity index is 791. The van der Waals surface area contributed by atoms with E-state index in [2.05, 4.69) is 5.32 Å². The average Bonchev–Trinajstić information content (AvgIpc) is 2.77. The minimum Gasteiger partial charge on any atom is -0.320 e. The minimum atomic E-state index is -3.74. The van der Waals surface area contributed by atoms with Gasteiger partial charge in [0.1, 0.15) is 23.0 Å². The molecule has 0 atom stereocenters. The van der Waals surface area contributed by atoms with Crippen molar-refractivity contribution in [2.24, 2.45) is 0 Å². The van der Waals surface area contributed by atoms with Crippen LogP contribution in [0.1, 0.15) is 6.42 Å². The number of para-hydroxylation sites is 1. The SMILES string of the molecule is CNCCCN1c2c(F)cccc2N(c2ccc(F)cc2F)S1(O)O. The number of halogens is 3. The molecule has 136 valence electrons. The van der Waals surface area contributed by atoms with Crippen molar-refractivity contribution < 1.29 is 22.3 Å². The molecular weight excluding hydrogens is 355 g/mol. The Balaban J connectivity index is 2.12. The predicted molar refractivity (Wildman–Crippen MR) is 93.6 cm³/mol. The van der Waals surface area contributed by atoms with Crippen LogP contribution in [0, 0.1) is 17.5 Å². The molecule has 0 spiro atoms. The maximum Gasteiger partial charge on any atom is 0.151 e. The Morgan fingerprint density at radius 1 is 1.04 bits per heavy atom. The molecule has 0 fully saturated rings. The van der Waals surface area contributed by atoms with E-state index in [-0.39, 0.29) is 23.6 Å². The van der Waals surface area contributed by atoms with E-state index in [0.717, 1.165) is 20.7 Å². The predicted octanol–water partition coefficient (Wildman–Crippen LogP) is 4.25. The summed E-state index contributed by atoms with van der Waals surface area (Å²) in [6.45, 7) is 0.733. The maximum absolute atomic E-state index is 14.4. The smallest absolute Gasteiger partial charge is 0.151 e. The fourth-order valence-corrected chi connectivity index (χ4v) is 4.63. The van der Waals surface area contributed by atoms with E-state index in [1.54, 1.807) is 7.05 Å². The molecule has 0 amide bonds. The quantitative estimate of drug-likeness (QED) is 0.684. The number of nitrogens with zero attached hydrogens (tertiary/aromatic N) is 2. The summed E-state index contributed by atoms with van der Waals surface area (Å²) in [7, 11) is -2.00. The lowest BCUT2D eigenvalue weighted by Gasteiger charge is -2.43. The third-order valence-electron chi connectivity index (χ3n) is 3.89. The second-order valence-electron chi connectivity index (χ2n) is 5.55. The zero-order valence-corrected chi connectivity index (χ0v) is 14.2. The first-order valence-corrected chi connectivity index (χ1v) is 9.08. The average molecular weight is 373 g/mol. The van der Waals surface area contributed by atoms with Gasteiger partial charge in [0.2, 0.25) is 0 Å². The molecule has 0 aliphatic carbocycles. The van der Waals surface area contributed by atoms with Crippen LogP contribution in [0.15, 0.2) is 36.4 Å². The first-order valence-electron chi connectivity index (χ1n) is 7.62. The first kappa shape index (κ1) is 17.9. The van der Waals surface area contributed by atoms with Gasteiger partial charge in [-0.1, -0.05) is 6.07 Å². The van der Waals surface area contributed by atoms with Gasteiger partial charge in [-0.25, -0.2) is 21.8 Å². The van der Waals surface area contributed by atoms with E-state index in [1.165, 1.54) is 18.2 Å². The monoisotopic (exact) mass is 373 g/mol. The number of anilines is 3. The minimum absolute atomic E-state index is 0.0117. The standard InChI is InChI=1S/C16H18F3N3O2S/c1-20-8-3-9-21-16-12(18)4-2-5-15(16)22(25(21,23)24)14-7-6-11(17)10-13(14)19/h2,4-7,10,20,23-24H,3,8-9H2,1H3. The summed E-state index contributed by atoms with van der Waals surface area (Å²) in [5.41, 5.74) is -0.123. The Morgan fingerprint density at radius 2 is 1.80 bits per heavy atom. The van der Waals surface area contributed by atoms with Crippen LogP contribution in [0.4, 0.5) is 30.2 Å². The Labute approximate surface area is 145 Å². The lowest BCUT2D eigenvalue weighted by atomic mass is 10.2. The van der Waals surface area contributed by atoms with Gasteiger partial charge in [-0.2, -0.15) is 0 Å². The topological polar surface area (TPSA) is 59.0 Å². The molecule has 9 heteroatoms. The lowest BCUT2D eigenvalue weighted by molar-refractivity contribution is 0.481. The van der Waals surface area contributed by atoms with Crippen molar-refractivity contribution in [3.05, 3.63) is 53.8 Å². The van der Waals surface area contributed by atoms with Crippen molar-refractivity contribution in [3.63, 3.8) is 0 Å². The van der Waals surface area contributed by atoms with Crippen LogP contribution in [-0.2, 0) is 0 Å². The molecule has 0 bridgehead atoms. The van der Waals surface area contributed by atoms with Crippen molar-refractivity contribution in [2.75, 3.05) is 28.7 Å². The van der Waals surface area contributed by atoms with Crippen molar-refractivity contribution in [3.8, 4) is 0 Å². The molecule has 5 nitrogen and oxygen atoms in total. The molecule has 1 aliphatic heterocycles. The molecule has 3 rings (SSSR count). The van der Waals surface area contributed by atoms with Crippen molar-refractivity contribution in [1.29, 1.82) is 0 Å². The van der Waals surface area contributed by atoms with Crippen LogP contribution in [0.2, 0.25) is 0 Å². The highest BCUT2D eigenvalue weighted by Gasteiger charge is 2.44.